The van der Waals surface area contributed by atoms with Crippen LogP contribution in [0.25, 0.3) is 0 Å². The quantitative estimate of drug-likeness (QED) is 0.707. The van der Waals surface area contributed by atoms with E-state index in [-0.39, 0.29) is 37.3 Å². The van der Waals surface area contributed by atoms with E-state index in [4.69, 9.17) is 4.74 Å². The lowest BCUT2D eigenvalue weighted by molar-refractivity contribution is -0.150. The van der Waals surface area contributed by atoms with Gasteiger partial charge in [0.15, 0.2) is 6.61 Å². The van der Waals surface area contributed by atoms with E-state index < -0.39 is 5.97 Å². The van der Waals surface area contributed by atoms with E-state index in [2.05, 4.69) is 10.4 Å². The molecule has 1 aromatic rings. The topological polar surface area (TPSA) is 88.1 Å². The van der Waals surface area contributed by atoms with Gasteiger partial charge in [0, 0.05) is 18.9 Å². The van der Waals surface area contributed by atoms with Gasteiger partial charge in [-0.3, -0.25) is 14.4 Å². The van der Waals surface area contributed by atoms with Gasteiger partial charge in [0.2, 0.25) is 5.91 Å². The normalized spacial score (nSPS) is 14.7. The largest absolute Gasteiger partial charge is 0.456 e. The molecule has 1 aliphatic rings. The van der Waals surface area contributed by atoms with Crippen LogP contribution in [0.4, 0.5) is 0 Å². The summed E-state index contributed by atoms with van der Waals surface area (Å²) in [5, 5.41) is 8.49. The van der Waals surface area contributed by atoms with E-state index in [1.54, 1.807) is 0 Å². The highest BCUT2D eigenvalue weighted by molar-refractivity contribution is 6.02. The molecule has 7 heteroatoms. The second-order valence-electron chi connectivity index (χ2n) is 6.94. The lowest BCUT2D eigenvalue weighted by Crippen LogP contribution is -2.38. The number of ether oxygens (including phenoxy) is 1. The van der Waals surface area contributed by atoms with Crippen LogP contribution in [0.2, 0.25) is 0 Å². The molecular formula is C20H27N3O4. The Bertz CT molecular complexity index is 700. The third kappa shape index (κ3) is 6.51. The van der Waals surface area contributed by atoms with Crippen molar-refractivity contribution in [2.45, 2.75) is 46.1 Å². The maximum Gasteiger partial charge on any atom is 0.306 e. The minimum atomic E-state index is -0.567. The van der Waals surface area contributed by atoms with Crippen LogP contribution >= 0.6 is 0 Å². The fraction of sp³-hybridized carbons (Fsp3) is 0.500. The van der Waals surface area contributed by atoms with Gasteiger partial charge >= 0.3 is 5.97 Å². The molecule has 0 saturated carbocycles. The predicted octanol–water partition coefficient (Wildman–Crippen LogP) is 2.11. The summed E-state index contributed by atoms with van der Waals surface area (Å²) >= 11 is 0. The smallest absolute Gasteiger partial charge is 0.306 e. The molecule has 0 aromatic heterocycles. The molecular weight excluding hydrogens is 346 g/mol. The number of hydrazone groups is 1. The molecule has 1 aromatic carbocycles. The zero-order valence-corrected chi connectivity index (χ0v) is 16.1. The molecule has 0 aliphatic carbocycles. The Hall–Kier alpha value is -2.70. The monoisotopic (exact) mass is 373 g/mol. The van der Waals surface area contributed by atoms with Crippen molar-refractivity contribution >= 4 is 23.5 Å². The second-order valence-corrected chi connectivity index (χ2v) is 6.94. The van der Waals surface area contributed by atoms with E-state index in [0.717, 1.165) is 11.3 Å². The molecule has 0 radical (unpaired) electrons. The van der Waals surface area contributed by atoms with Gasteiger partial charge in [0.05, 0.1) is 18.7 Å². The predicted molar refractivity (Wildman–Crippen MR) is 102 cm³/mol. The van der Waals surface area contributed by atoms with Gasteiger partial charge in [0.25, 0.3) is 5.91 Å². The van der Waals surface area contributed by atoms with Gasteiger partial charge < -0.3 is 10.1 Å². The molecule has 1 atom stereocenters. The Morgan fingerprint density at radius 3 is 2.52 bits per heavy atom. The number of carbonyl (C=O) groups is 3. The molecule has 0 fully saturated rings. The van der Waals surface area contributed by atoms with Crippen LogP contribution in [0.5, 0.6) is 0 Å². The van der Waals surface area contributed by atoms with Crippen LogP contribution in [0.3, 0.4) is 0 Å². The first-order valence-electron chi connectivity index (χ1n) is 9.25. The average molecular weight is 373 g/mol. The van der Waals surface area contributed by atoms with E-state index in [1.807, 2.05) is 51.1 Å². The van der Waals surface area contributed by atoms with Crippen molar-refractivity contribution in [2.75, 3.05) is 13.2 Å². The zero-order valence-electron chi connectivity index (χ0n) is 16.1. The van der Waals surface area contributed by atoms with Crippen molar-refractivity contribution in [1.29, 1.82) is 0 Å². The maximum absolute atomic E-state index is 12.2. The zero-order chi connectivity index (χ0) is 19.8. The lowest BCUT2D eigenvalue weighted by atomic mass is 10.1. The summed E-state index contributed by atoms with van der Waals surface area (Å²) in [4.78, 5) is 35.7. The van der Waals surface area contributed by atoms with Crippen molar-refractivity contribution in [1.82, 2.24) is 10.3 Å². The van der Waals surface area contributed by atoms with Crippen LogP contribution in [-0.4, -0.2) is 47.7 Å². The van der Waals surface area contributed by atoms with Crippen LogP contribution in [0, 0.1) is 5.92 Å². The number of nitrogens with zero attached hydrogens (tertiary/aromatic N) is 2. The Morgan fingerprint density at radius 2 is 1.85 bits per heavy atom. The minimum absolute atomic E-state index is 0.00428. The molecule has 7 nitrogen and oxygen atoms in total. The molecule has 2 rings (SSSR count). The lowest BCUT2D eigenvalue weighted by Gasteiger charge is -2.17. The van der Waals surface area contributed by atoms with Crippen molar-refractivity contribution in [3.63, 3.8) is 0 Å². The van der Waals surface area contributed by atoms with E-state index in [9.17, 15) is 14.4 Å². The molecule has 27 heavy (non-hydrogen) atoms. The molecule has 1 unspecified atom stereocenters. The number of amides is 2. The third-order valence-corrected chi connectivity index (χ3v) is 4.49. The van der Waals surface area contributed by atoms with Gasteiger partial charge in [-0.05, 0) is 18.4 Å². The van der Waals surface area contributed by atoms with Gasteiger partial charge in [0.1, 0.15) is 0 Å². The number of hydrogen-bond donors (Lipinski definition) is 1. The van der Waals surface area contributed by atoms with E-state index >= 15 is 0 Å². The summed E-state index contributed by atoms with van der Waals surface area (Å²) < 4.78 is 4.93. The van der Waals surface area contributed by atoms with Crippen molar-refractivity contribution < 1.29 is 19.1 Å². The summed E-state index contributed by atoms with van der Waals surface area (Å²) in [7, 11) is 0. The first-order valence-corrected chi connectivity index (χ1v) is 9.25. The number of nitrogens with one attached hydrogen (secondary N) is 1. The highest BCUT2D eigenvalue weighted by atomic mass is 16.5. The van der Waals surface area contributed by atoms with E-state index in [1.165, 1.54) is 5.01 Å². The fourth-order valence-corrected chi connectivity index (χ4v) is 2.49. The molecule has 2 amide bonds. The highest BCUT2D eigenvalue weighted by Crippen LogP contribution is 2.15. The number of hydrogen-bond acceptors (Lipinski definition) is 5. The van der Waals surface area contributed by atoms with Crippen molar-refractivity contribution in [3.8, 4) is 0 Å². The summed E-state index contributed by atoms with van der Waals surface area (Å²) in [6.45, 7) is 6.06. The molecule has 0 saturated heterocycles. The van der Waals surface area contributed by atoms with Crippen LogP contribution in [0.15, 0.2) is 35.4 Å². The Kier molecular flexibility index (Phi) is 7.52. The Balaban J connectivity index is 1.72. The fourth-order valence-electron chi connectivity index (χ4n) is 2.49. The van der Waals surface area contributed by atoms with Gasteiger partial charge in [-0.25, -0.2) is 5.01 Å². The van der Waals surface area contributed by atoms with E-state index in [0.29, 0.717) is 18.9 Å². The van der Waals surface area contributed by atoms with Crippen LogP contribution < -0.4 is 5.32 Å². The first kappa shape index (κ1) is 20.6. The SMILES string of the molecule is CC(C)C(C)NC(=O)COC(=O)CCC(=O)N1CCC(c2ccccc2)=N1. The summed E-state index contributed by atoms with van der Waals surface area (Å²) in [5.41, 5.74) is 1.86. The summed E-state index contributed by atoms with van der Waals surface area (Å²) in [6.07, 6.45) is 0.626. The number of esters is 1. The molecule has 146 valence electrons. The number of benzene rings is 1. The van der Waals surface area contributed by atoms with Crippen molar-refractivity contribution in [3.05, 3.63) is 35.9 Å². The summed E-state index contributed by atoms with van der Waals surface area (Å²) in [6, 6.07) is 9.69. The number of rotatable bonds is 8. The average Bonchev–Trinajstić information content (AvgIpc) is 3.15. The third-order valence-electron chi connectivity index (χ3n) is 4.49. The molecule has 1 aliphatic heterocycles. The maximum atomic E-state index is 12.2. The second kappa shape index (κ2) is 9.85. The van der Waals surface area contributed by atoms with Gasteiger partial charge in [-0.15, -0.1) is 0 Å². The molecule has 0 bridgehead atoms. The number of carbonyl (C=O) groups excluding carboxylic acids is 3. The Morgan fingerprint density at radius 1 is 1.15 bits per heavy atom. The molecule has 1 N–H and O–H groups in total. The van der Waals surface area contributed by atoms with Crippen molar-refractivity contribution in [2.24, 2.45) is 11.0 Å². The Labute approximate surface area is 159 Å². The molecule has 0 spiro atoms. The minimum Gasteiger partial charge on any atom is -0.456 e. The van der Waals surface area contributed by atoms with Gasteiger partial charge in [-0.1, -0.05) is 44.2 Å². The molecule has 1 heterocycles. The van der Waals surface area contributed by atoms with Crippen LogP contribution in [-0.2, 0) is 19.1 Å². The summed E-state index contributed by atoms with van der Waals surface area (Å²) in [5.74, 6) is -0.838. The highest BCUT2D eigenvalue weighted by Gasteiger charge is 2.22. The van der Waals surface area contributed by atoms with Crippen LogP contribution in [0.1, 0.15) is 45.6 Å². The first-order chi connectivity index (χ1) is 12.9. The van der Waals surface area contributed by atoms with Gasteiger partial charge in [-0.2, -0.15) is 5.10 Å². The standard InChI is InChI=1S/C20H27N3O4/c1-14(2)15(3)21-18(24)13-27-20(26)10-9-19(25)23-12-11-17(22-23)16-7-5-4-6-8-16/h4-8,14-15H,9-13H2,1-3H3,(H,21,24).